The Hall–Kier alpha value is -2.17. The molecule has 0 saturated heterocycles. The summed E-state index contributed by atoms with van der Waals surface area (Å²) in [7, 11) is 0. The molecule has 1 unspecified atom stereocenters. The van der Waals surface area contributed by atoms with Gasteiger partial charge in [-0.25, -0.2) is 4.98 Å². The van der Waals surface area contributed by atoms with E-state index in [1.165, 1.54) is 0 Å². The smallest absolute Gasteiger partial charge is 0.258 e. The number of H-pyrrole nitrogens is 1. The van der Waals surface area contributed by atoms with Crippen LogP contribution in [0.5, 0.6) is 0 Å². The summed E-state index contributed by atoms with van der Waals surface area (Å²) in [4.78, 5) is 33.5. The molecule has 1 heterocycles. The van der Waals surface area contributed by atoms with E-state index in [1.807, 2.05) is 32.0 Å². The van der Waals surface area contributed by atoms with E-state index >= 15 is 0 Å². The SMILES string of the molecule is CCCC(C)C(=O)N(CC)Cc1nc2ccccc2c(=O)[nH]1. The molecule has 1 aromatic carbocycles. The second kappa shape index (κ2) is 7.20. The van der Waals surface area contributed by atoms with Crippen molar-refractivity contribution in [2.24, 2.45) is 5.92 Å². The Bertz CT molecular complexity index is 708. The van der Waals surface area contributed by atoms with Gasteiger partial charge in [0, 0.05) is 12.5 Å². The van der Waals surface area contributed by atoms with Gasteiger partial charge < -0.3 is 9.88 Å². The van der Waals surface area contributed by atoms with Gasteiger partial charge in [-0.05, 0) is 25.5 Å². The number of aromatic amines is 1. The second-order valence-corrected chi connectivity index (χ2v) is 5.57. The van der Waals surface area contributed by atoms with E-state index < -0.39 is 0 Å². The Morgan fingerprint density at radius 1 is 1.32 bits per heavy atom. The summed E-state index contributed by atoms with van der Waals surface area (Å²) in [5.74, 6) is 0.639. The molecule has 0 fully saturated rings. The molecule has 1 aromatic heterocycles. The molecular weight excluding hydrogens is 278 g/mol. The van der Waals surface area contributed by atoms with Crippen molar-refractivity contribution in [2.75, 3.05) is 6.54 Å². The quantitative estimate of drug-likeness (QED) is 0.892. The lowest BCUT2D eigenvalue weighted by Crippen LogP contribution is -2.35. The third kappa shape index (κ3) is 3.53. The number of hydrogen-bond donors (Lipinski definition) is 1. The van der Waals surface area contributed by atoms with Gasteiger partial charge in [0.15, 0.2) is 0 Å². The summed E-state index contributed by atoms with van der Waals surface area (Å²) in [5.41, 5.74) is 0.497. The van der Waals surface area contributed by atoms with Crippen LogP contribution in [0.4, 0.5) is 0 Å². The van der Waals surface area contributed by atoms with Crippen LogP contribution in [0.3, 0.4) is 0 Å². The molecule has 0 aliphatic rings. The summed E-state index contributed by atoms with van der Waals surface area (Å²) in [6.07, 6.45) is 1.85. The molecule has 2 rings (SSSR count). The highest BCUT2D eigenvalue weighted by Crippen LogP contribution is 2.12. The second-order valence-electron chi connectivity index (χ2n) is 5.57. The number of amides is 1. The van der Waals surface area contributed by atoms with E-state index in [2.05, 4.69) is 16.9 Å². The maximum atomic E-state index is 12.4. The van der Waals surface area contributed by atoms with Crippen molar-refractivity contribution in [2.45, 2.75) is 40.2 Å². The lowest BCUT2D eigenvalue weighted by Gasteiger charge is -2.23. The molecule has 0 aliphatic carbocycles. The van der Waals surface area contributed by atoms with Gasteiger partial charge in [0.1, 0.15) is 5.82 Å². The number of benzene rings is 1. The number of hydrogen-bond acceptors (Lipinski definition) is 3. The first kappa shape index (κ1) is 16.2. The molecule has 0 saturated carbocycles. The third-order valence-electron chi connectivity index (χ3n) is 3.84. The fourth-order valence-corrected chi connectivity index (χ4v) is 2.60. The van der Waals surface area contributed by atoms with Crippen molar-refractivity contribution >= 4 is 16.8 Å². The first-order chi connectivity index (χ1) is 10.6. The molecule has 1 amide bonds. The van der Waals surface area contributed by atoms with Crippen molar-refractivity contribution in [3.05, 3.63) is 40.4 Å². The van der Waals surface area contributed by atoms with Crippen LogP contribution in [-0.2, 0) is 11.3 Å². The zero-order valence-corrected chi connectivity index (χ0v) is 13.4. The highest BCUT2D eigenvalue weighted by Gasteiger charge is 2.19. The first-order valence-electron chi connectivity index (χ1n) is 7.83. The minimum atomic E-state index is -0.161. The number of carbonyl (C=O) groups is 1. The van der Waals surface area contributed by atoms with Crippen molar-refractivity contribution in [1.29, 1.82) is 0 Å². The van der Waals surface area contributed by atoms with Crippen LogP contribution in [0, 0.1) is 5.92 Å². The van der Waals surface area contributed by atoms with Crippen molar-refractivity contribution in [1.82, 2.24) is 14.9 Å². The highest BCUT2D eigenvalue weighted by atomic mass is 16.2. The summed E-state index contributed by atoms with van der Waals surface area (Å²) in [5, 5.41) is 0.569. The van der Waals surface area contributed by atoms with Gasteiger partial charge in [0.25, 0.3) is 5.56 Å². The number of nitrogens with zero attached hydrogens (tertiary/aromatic N) is 2. The molecule has 22 heavy (non-hydrogen) atoms. The molecular formula is C17H23N3O2. The number of nitrogens with one attached hydrogen (secondary N) is 1. The summed E-state index contributed by atoms with van der Waals surface area (Å²) >= 11 is 0. The fraction of sp³-hybridized carbons (Fsp3) is 0.471. The van der Waals surface area contributed by atoms with Gasteiger partial charge in [-0.1, -0.05) is 32.4 Å². The number of aromatic nitrogens is 2. The molecule has 2 aromatic rings. The molecule has 118 valence electrons. The summed E-state index contributed by atoms with van der Waals surface area (Å²) in [6, 6.07) is 7.22. The Kier molecular flexibility index (Phi) is 5.31. The normalized spacial score (nSPS) is 12.3. The average Bonchev–Trinajstić information content (AvgIpc) is 2.52. The van der Waals surface area contributed by atoms with Crippen LogP contribution in [0.2, 0.25) is 0 Å². The summed E-state index contributed by atoms with van der Waals surface area (Å²) < 4.78 is 0. The zero-order chi connectivity index (χ0) is 16.1. The third-order valence-corrected chi connectivity index (χ3v) is 3.84. The average molecular weight is 301 g/mol. The highest BCUT2D eigenvalue weighted by molar-refractivity contribution is 5.79. The van der Waals surface area contributed by atoms with E-state index in [4.69, 9.17) is 0 Å². The van der Waals surface area contributed by atoms with E-state index in [-0.39, 0.29) is 17.4 Å². The predicted molar refractivity (Wildman–Crippen MR) is 87.5 cm³/mol. The lowest BCUT2D eigenvalue weighted by molar-refractivity contribution is -0.135. The number of carbonyl (C=O) groups excluding carboxylic acids is 1. The van der Waals surface area contributed by atoms with Gasteiger partial charge in [-0.3, -0.25) is 9.59 Å². The van der Waals surface area contributed by atoms with Crippen LogP contribution in [0.25, 0.3) is 10.9 Å². The van der Waals surface area contributed by atoms with E-state index in [0.717, 1.165) is 12.8 Å². The van der Waals surface area contributed by atoms with E-state index in [0.29, 0.717) is 29.8 Å². The largest absolute Gasteiger partial charge is 0.335 e. The fourth-order valence-electron chi connectivity index (χ4n) is 2.60. The Morgan fingerprint density at radius 3 is 2.73 bits per heavy atom. The number of rotatable bonds is 6. The van der Waals surface area contributed by atoms with E-state index in [9.17, 15) is 9.59 Å². The Balaban J connectivity index is 2.24. The van der Waals surface area contributed by atoms with Gasteiger partial charge >= 0.3 is 0 Å². The van der Waals surface area contributed by atoms with Gasteiger partial charge in [-0.2, -0.15) is 0 Å². The molecule has 5 heteroatoms. The molecule has 1 N–H and O–H groups in total. The van der Waals surface area contributed by atoms with Crippen LogP contribution >= 0.6 is 0 Å². The first-order valence-corrected chi connectivity index (χ1v) is 7.83. The molecule has 0 aliphatic heterocycles. The molecule has 5 nitrogen and oxygen atoms in total. The Labute approximate surface area is 130 Å². The lowest BCUT2D eigenvalue weighted by atomic mass is 10.0. The van der Waals surface area contributed by atoms with Gasteiger partial charge in [0.05, 0.1) is 17.4 Å². The monoisotopic (exact) mass is 301 g/mol. The van der Waals surface area contributed by atoms with Crippen LogP contribution < -0.4 is 5.56 Å². The minimum Gasteiger partial charge on any atom is -0.335 e. The van der Waals surface area contributed by atoms with E-state index in [1.54, 1.807) is 11.0 Å². The Morgan fingerprint density at radius 2 is 2.05 bits per heavy atom. The molecule has 0 bridgehead atoms. The summed E-state index contributed by atoms with van der Waals surface area (Å²) in [6.45, 7) is 6.90. The molecule has 1 atom stereocenters. The number of fused-ring (bicyclic) bond motifs is 1. The molecule has 0 radical (unpaired) electrons. The van der Waals surface area contributed by atoms with Crippen molar-refractivity contribution < 1.29 is 4.79 Å². The maximum absolute atomic E-state index is 12.4. The number of para-hydroxylation sites is 1. The minimum absolute atomic E-state index is 0.00266. The topological polar surface area (TPSA) is 66.1 Å². The van der Waals surface area contributed by atoms with Crippen LogP contribution in [0.1, 0.15) is 39.4 Å². The predicted octanol–water partition coefficient (Wildman–Crippen LogP) is 2.71. The standard InChI is InChI=1S/C17H23N3O2/c1-4-8-12(3)17(22)20(5-2)11-15-18-14-10-7-6-9-13(14)16(21)19-15/h6-7,9-10,12H,4-5,8,11H2,1-3H3,(H,18,19,21). The molecule has 0 spiro atoms. The zero-order valence-electron chi connectivity index (χ0n) is 13.4. The van der Waals surface area contributed by atoms with Crippen molar-refractivity contribution in [3.8, 4) is 0 Å². The maximum Gasteiger partial charge on any atom is 0.258 e. The van der Waals surface area contributed by atoms with Crippen molar-refractivity contribution in [3.63, 3.8) is 0 Å². The van der Waals surface area contributed by atoms with Gasteiger partial charge in [0.2, 0.25) is 5.91 Å². The van der Waals surface area contributed by atoms with Crippen LogP contribution in [0.15, 0.2) is 29.1 Å². The van der Waals surface area contributed by atoms with Crippen LogP contribution in [-0.4, -0.2) is 27.3 Å². The van der Waals surface area contributed by atoms with Gasteiger partial charge in [-0.15, -0.1) is 0 Å².